The molecule has 2 aromatic rings. The Morgan fingerprint density at radius 3 is 2.38 bits per heavy atom. The summed E-state index contributed by atoms with van der Waals surface area (Å²) in [6.07, 6.45) is 0.628. The van der Waals surface area contributed by atoms with Gasteiger partial charge in [-0.15, -0.1) is 0 Å². The van der Waals surface area contributed by atoms with Crippen LogP contribution in [-0.2, 0) is 27.6 Å². The van der Waals surface area contributed by atoms with E-state index in [2.05, 4.69) is 0 Å². The Morgan fingerprint density at radius 2 is 1.77 bits per heavy atom. The Hall–Kier alpha value is -1.56. The second-order valence-electron chi connectivity index (χ2n) is 6.49. The fourth-order valence-corrected chi connectivity index (χ4v) is 5.20. The number of hydrogen-bond donors (Lipinski definition) is 0. The lowest BCUT2D eigenvalue weighted by molar-refractivity contribution is -0.133. The van der Waals surface area contributed by atoms with Crippen LogP contribution in [0.25, 0.3) is 0 Å². The van der Waals surface area contributed by atoms with Crippen molar-refractivity contribution < 1.29 is 13.2 Å². The van der Waals surface area contributed by atoms with Crippen LogP contribution in [0.15, 0.2) is 48.5 Å². The normalized spacial score (nSPS) is 18.6. The first kappa shape index (κ1) is 19.2. The minimum atomic E-state index is -3.08. The van der Waals surface area contributed by atoms with Crippen LogP contribution in [0, 0.1) is 0 Å². The van der Waals surface area contributed by atoms with Crippen LogP contribution in [0.4, 0.5) is 0 Å². The topological polar surface area (TPSA) is 54.5 Å². The van der Waals surface area contributed by atoms with Crippen LogP contribution in [0.5, 0.6) is 0 Å². The number of sulfone groups is 1. The third-order valence-electron chi connectivity index (χ3n) is 4.50. The van der Waals surface area contributed by atoms with Gasteiger partial charge in [0.2, 0.25) is 5.91 Å². The molecule has 0 aromatic heterocycles. The smallest absolute Gasteiger partial charge is 0.227 e. The largest absolute Gasteiger partial charge is 0.334 e. The van der Waals surface area contributed by atoms with E-state index in [9.17, 15) is 13.2 Å². The Balaban J connectivity index is 1.81. The summed E-state index contributed by atoms with van der Waals surface area (Å²) >= 11 is 12.0. The van der Waals surface area contributed by atoms with Crippen LogP contribution >= 0.6 is 23.2 Å². The molecule has 2 aromatic carbocycles. The average molecular weight is 412 g/mol. The molecule has 1 aliphatic heterocycles. The van der Waals surface area contributed by atoms with Crippen molar-refractivity contribution in [1.82, 2.24) is 4.90 Å². The zero-order valence-electron chi connectivity index (χ0n) is 14.1. The summed E-state index contributed by atoms with van der Waals surface area (Å²) in [6, 6.07) is 14.4. The molecule has 0 saturated carbocycles. The predicted molar refractivity (Wildman–Crippen MR) is 104 cm³/mol. The summed E-state index contributed by atoms with van der Waals surface area (Å²) in [6.45, 7) is 0.390. The first-order valence-corrected chi connectivity index (χ1v) is 10.9. The highest BCUT2D eigenvalue weighted by Crippen LogP contribution is 2.25. The van der Waals surface area contributed by atoms with E-state index in [1.165, 1.54) is 0 Å². The number of rotatable bonds is 5. The Labute approximate surface area is 163 Å². The van der Waals surface area contributed by atoms with Crippen LogP contribution in [0.3, 0.4) is 0 Å². The van der Waals surface area contributed by atoms with Crippen LogP contribution in [0.2, 0.25) is 10.0 Å². The Morgan fingerprint density at radius 1 is 1.04 bits per heavy atom. The molecule has 1 saturated heterocycles. The fraction of sp³-hybridized carbons (Fsp3) is 0.316. The molecule has 1 atom stereocenters. The molecule has 0 bridgehead atoms. The predicted octanol–water partition coefficient (Wildman–Crippen LogP) is 3.75. The van der Waals surface area contributed by atoms with Gasteiger partial charge in [0.15, 0.2) is 9.84 Å². The van der Waals surface area contributed by atoms with Gasteiger partial charge in [0.1, 0.15) is 0 Å². The molecule has 1 amide bonds. The molecule has 138 valence electrons. The van der Waals surface area contributed by atoms with Crippen molar-refractivity contribution in [3.63, 3.8) is 0 Å². The van der Waals surface area contributed by atoms with E-state index in [1.807, 2.05) is 30.3 Å². The monoisotopic (exact) mass is 411 g/mol. The summed E-state index contributed by atoms with van der Waals surface area (Å²) in [4.78, 5) is 14.6. The van der Waals surface area contributed by atoms with Gasteiger partial charge in [0.05, 0.1) is 28.0 Å². The van der Waals surface area contributed by atoms with Crippen molar-refractivity contribution in [3.05, 3.63) is 69.7 Å². The molecule has 0 spiro atoms. The molecule has 3 rings (SSSR count). The zero-order valence-corrected chi connectivity index (χ0v) is 16.4. The molecular formula is C19H19Cl2NO3S. The van der Waals surface area contributed by atoms with Gasteiger partial charge in [0.25, 0.3) is 0 Å². The van der Waals surface area contributed by atoms with Crippen molar-refractivity contribution in [2.75, 3.05) is 11.5 Å². The third-order valence-corrected chi connectivity index (χ3v) is 6.99. The van der Waals surface area contributed by atoms with Crippen molar-refractivity contribution in [1.29, 1.82) is 0 Å². The summed E-state index contributed by atoms with van der Waals surface area (Å²) in [7, 11) is -3.08. The van der Waals surface area contributed by atoms with Gasteiger partial charge >= 0.3 is 0 Å². The van der Waals surface area contributed by atoms with E-state index >= 15 is 0 Å². The molecule has 0 radical (unpaired) electrons. The maximum absolute atomic E-state index is 13.0. The lowest BCUT2D eigenvalue weighted by atomic mass is 10.1. The minimum Gasteiger partial charge on any atom is -0.334 e. The maximum Gasteiger partial charge on any atom is 0.227 e. The molecule has 0 N–H and O–H groups in total. The van der Waals surface area contributed by atoms with E-state index in [4.69, 9.17) is 23.2 Å². The van der Waals surface area contributed by atoms with Crippen molar-refractivity contribution in [3.8, 4) is 0 Å². The Kier molecular flexibility index (Phi) is 5.90. The minimum absolute atomic E-state index is 0.0208. The molecule has 0 unspecified atom stereocenters. The second-order valence-corrected chi connectivity index (χ2v) is 9.53. The lowest BCUT2D eigenvalue weighted by Crippen LogP contribution is -2.41. The van der Waals surface area contributed by atoms with Gasteiger partial charge in [-0.1, -0.05) is 59.6 Å². The molecule has 1 fully saturated rings. The molecule has 4 nitrogen and oxygen atoms in total. The zero-order chi connectivity index (χ0) is 18.7. The molecule has 1 heterocycles. The highest BCUT2D eigenvalue weighted by Gasteiger charge is 2.34. The second kappa shape index (κ2) is 7.99. The maximum atomic E-state index is 13.0. The van der Waals surface area contributed by atoms with Gasteiger partial charge in [-0.05, 0) is 29.7 Å². The summed E-state index contributed by atoms with van der Waals surface area (Å²) < 4.78 is 23.8. The molecule has 0 aliphatic carbocycles. The fourth-order valence-electron chi connectivity index (χ4n) is 3.15. The number of hydrogen-bond acceptors (Lipinski definition) is 3. The van der Waals surface area contributed by atoms with E-state index in [0.717, 1.165) is 11.1 Å². The standard InChI is InChI=1S/C19H19Cl2NO3S/c20-17-7-6-15(10-18(17)21)11-19(23)22(12-14-4-2-1-3-5-14)16-8-9-26(24,25)13-16/h1-7,10,16H,8-9,11-13H2/t16-/m0/s1. The van der Waals surface area contributed by atoms with Crippen LogP contribution in [-0.4, -0.2) is 36.8 Å². The number of amides is 1. The SMILES string of the molecule is O=C(Cc1ccc(Cl)c(Cl)c1)N(Cc1ccccc1)[C@H]1CCS(=O)(=O)C1. The van der Waals surface area contributed by atoms with Gasteiger partial charge in [-0.2, -0.15) is 0 Å². The third kappa shape index (κ3) is 4.78. The number of carbonyl (C=O) groups is 1. The first-order chi connectivity index (χ1) is 12.3. The summed E-state index contributed by atoms with van der Waals surface area (Å²) in [5, 5.41) is 0.834. The van der Waals surface area contributed by atoms with Crippen LogP contribution in [0.1, 0.15) is 17.5 Å². The van der Waals surface area contributed by atoms with Crippen molar-refractivity contribution in [2.24, 2.45) is 0 Å². The van der Waals surface area contributed by atoms with Gasteiger partial charge in [-0.25, -0.2) is 8.42 Å². The van der Waals surface area contributed by atoms with Gasteiger partial charge in [0, 0.05) is 12.6 Å². The highest BCUT2D eigenvalue weighted by atomic mass is 35.5. The van der Waals surface area contributed by atoms with E-state index in [0.29, 0.717) is 23.0 Å². The van der Waals surface area contributed by atoms with Crippen molar-refractivity contribution >= 4 is 38.9 Å². The number of halogens is 2. The van der Waals surface area contributed by atoms with E-state index in [-0.39, 0.29) is 29.9 Å². The molecule has 7 heteroatoms. The summed E-state index contributed by atoms with van der Waals surface area (Å²) in [5.41, 5.74) is 1.72. The molecule has 1 aliphatic rings. The number of benzene rings is 2. The van der Waals surface area contributed by atoms with E-state index < -0.39 is 9.84 Å². The van der Waals surface area contributed by atoms with Crippen LogP contribution < -0.4 is 0 Å². The summed E-state index contributed by atoms with van der Waals surface area (Å²) in [5.74, 6) is 0.0324. The molecular weight excluding hydrogens is 393 g/mol. The average Bonchev–Trinajstić information content (AvgIpc) is 2.96. The van der Waals surface area contributed by atoms with Crippen molar-refractivity contribution in [2.45, 2.75) is 25.4 Å². The lowest BCUT2D eigenvalue weighted by Gasteiger charge is -2.28. The van der Waals surface area contributed by atoms with E-state index in [1.54, 1.807) is 23.1 Å². The molecule has 26 heavy (non-hydrogen) atoms. The van der Waals surface area contributed by atoms with Gasteiger partial charge < -0.3 is 4.90 Å². The highest BCUT2D eigenvalue weighted by molar-refractivity contribution is 7.91. The first-order valence-electron chi connectivity index (χ1n) is 8.32. The van der Waals surface area contributed by atoms with Gasteiger partial charge in [-0.3, -0.25) is 4.79 Å². The number of nitrogens with zero attached hydrogens (tertiary/aromatic N) is 1. The Bertz CT molecular complexity index is 900. The quantitative estimate of drug-likeness (QED) is 0.752. The number of carbonyl (C=O) groups excluding carboxylic acids is 1.